The first kappa shape index (κ1) is 16.5. The maximum atomic E-state index is 11.1. The Balaban J connectivity index is 1.88. The number of aryl methyl sites for hydroxylation is 1. The predicted molar refractivity (Wildman–Crippen MR) is 101 cm³/mol. The molecule has 0 saturated heterocycles. The number of hydrogen-bond donors (Lipinski definition) is 2. The molecule has 6 heteroatoms. The second-order valence-corrected chi connectivity index (χ2v) is 6.28. The molecular formula is C21H15N3O3. The third-order valence-corrected chi connectivity index (χ3v) is 4.64. The highest BCUT2D eigenvalue weighted by molar-refractivity contribution is 5.97. The largest absolute Gasteiger partial charge is 0.507 e. The highest BCUT2D eigenvalue weighted by Crippen LogP contribution is 2.34. The van der Waals surface area contributed by atoms with Crippen LogP contribution in [0, 0.1) is 11.3 Å². The molecule has 0 aliphatic carbocycles. The number of aromatic nitrogens is 2. The molecule has 0 aliphatic rings. The Kier molecular flexibility index (Phi) is 3.71. The molecule has 0 atom stereocenters. The van der Waals surface area contributed by atoms with Crippen molar-refractivity contribution in [3.05, 3.63) is 72.2 Å². The number of benzene rings is 2. The number of carbonyl (C=O) groups is 1. The van der Waals surface area contributed by atoms with Crippen molar-refractivity contribution in [3.63, 3.8) is 0 Å². The number of aromatic carboxylic acids is 1. The van der Waals surface area contributed by atoms with Gasteiger partial charge < -0.3 is 19.3 Å². The summed E-state index contributed by atoms with van der Waals surface area (Å²) in [6.07, 6.45) is 5.47. The topological polar surface area (TPSA) is 91.2 Å². The molecule has 0 fully saturated rings. The number of phenols is 1. The van der Waals surface area contributed by atoms with E-state index in [9.17, 15) is 15.2 Å². The van der Waals surface area contributed by atoms with E-state index in [0.29, 0.717) is 11.3 Å². The van der Waals surface area contributed by atoms with Gasteiger partial charge in [0, 0.05) is 59.4 Å². The number of carboxylic acids is 1. The molecule has 27 heavy (non-hydrogen) atoms. The zero-order valence-corrected chi connectivity index (χ0v) is 14.4. The molecule has 4 rings (SSSR count). The van der Waals surface area contributed by atoms with Crippen molar-refractivity contribution in [2.24, 2.45) is 7.05 Å². The summed E-state index contributed by atoms with van der Waals surface area (Å²) < 4.78 is 3.72. The molecular weight excluding hydrogens is 342 g/mol. The summed E-state index contributed by atoms with van der Waals surface area (Å²) in [5.74, 6) is -1.51. The van der Waals surface area contributed by atoms with Crippen LogP contribution >= 0.6 is 0 Å². The first-order valence-corrected chi connectivity index (χ1v) is 8.23. The van der Waals surface area contributed by atoms with Gasteiger partial charge >= 0.3 is 5.97 Å². The molecule has 0 bridgehead atoms. The van der Waals surface area contributed by atoms with E-state index in [0.717, 1.165) is 22.0 Å². The number of fused-ring (bicyclic) bond motifs is 1. The third kappa shape index (κ3) is 2.62. The summed E-state index contributed by atoms with van der Waals surface area (Å²) in [5, 5.41) is 29.6. The standard InChI is InChI=1S/C21H15N3O3/c1-23-11-18(15-4-2-3-5-19(15)23)17-12-24(10-13(17)9-22)14-6-7-16(21(26)27)20(25)8-14/h2-8,10-12,25H,1H3,(H,26,27). The predicted octanol–water partition coefficient (Wildman–Crippen LogP) is 3.91. The number of nitriles is 1. The molecule has 2 N–H and O–H groups in total. The SMILES string of the molecule is Cn1cc(-c2cn(-c3ccc(C(=O)O)c(O)c3)cc2C#N)c2ccccc21. The van der Waals surface area contributed by atoms with Crippen molar-refractivity contribution >= 4 is 16.9 Å². The van der Waals surface area contributed by atoms with Crippen molar-refractivity contribution in [2.45, 2.75) is 0 Å². The van der Waals surface area contributed by atoms with Crippen LogP contribution < -0.4 is 0 Å². The Labute approximate surface area is 154 Å². The molecule has 0 amide bonds. The van der Waals surface area contributed by atoms with Crippen LogP contribution in [0.25, 0.3) is 27.7 Å². The summed E-state index contributed by atoms with van der Waals surface area (Å²) in [6.45, 7) is 0. The van der Waals surface area contributed by atoms with Gasteiger partial charge in [0.05, 0.1) is 5.56 Å². The molecule has 0 unspecified atom stereocenters. The van der Waals surface area contributed by atoms with E-state index in [1.54, 1.807) is 16.8 Å². The minimum atomic E-state index is -1.19. The molecule has 2 aromatic carbocycles. The number of nitrogens with zero attached hydrogens (tertiary/aromatic N) is 3. The molecule has 2 heterocycles. The lowest BCUT2D eigenvalue weighted by Crippen LogP contribution is -1.98. The van der Waals surface area contributed by atoms with E-state index in [2.05, 4.69) is 6.07 Å². The molecule has 4 aromatic rings. The molecule has 0 saturated carbocycles. The molecule has 132 valence electrons. The fourth-order valence-electron chi connectivity index (χ4n) is 3.33. The van der Waals surface area contributed by atoms with Gasteiger partial charge in [-0.25, -0.2) is 4.79 Å². The van der Waals surface area contributed by atoms with Gasteiger partial charge in [-0.1, -0.05) is 18.2 Å². The van der Waals surface area contributed by atoms with E-state index < -0.39 is 5.97 Å². The minimum absolute atomic E-state index is 0.166. The van der Waals surface area contributed by atoms with Crippen LogP contribution in [0.3, 0.4) is 0 Å². The highest BCUT2D eigenvalue weighted by Gasteiger charge is 2.16. The van der Waals surface area contributed by atoms with Gasteiger partial charge in [0.2, 0.25) is 0 Å². The first-order chi connectivity index (χ1) is 13.0. The third-order valence-electron chi connectivity index (χ3n) is 4.64. The Bertz CT molecular complexity index is 1240. The van der Waals surface area contributed by atoms with E-state index in [-0.39, 0.29) is 11.3 Å². The normalized spacial score (nSPS) is 10.8. The average molecular weight is 357 g/mol. The van der Waals surface area contributed by atoms with Gasteiger partial charge in [-0.15, -0.1) is 0 Å². The second kappa shape index (κ2) is 6.07. The van der Waals surface area contributed by atoms with E-state index in [4.69, 9.17) is 5.11 Å². The second-order valence-electron chi connectivity index (χ2n) is 6.28. The maximum Gasteiger partial charge on any atom is 0.339 e. The Morgan fingerprint density at radius 2 is 1.85 bits per heavy atom. The maximum absolute atomic E-state index is 11.1. The van der Waals surface area contributed by atoms with Gasteiger partial charge in [0.1, 0.15) is 17.4 Å². The van der Waals surface area contributed by atoms with Gasteiger partial charge in [-0.2, -0.15) is 5.26 Å². The fourth-order valence-corrected chi connectivity index (χ4v) is 3.33. The van der Waals surface area contributed by atoms with Crippen LogP contribution in [0.5, 0.6) is 5.75 Å². The summed E-state index contributed by atoms with van der Waals surface area (Å²) in [6, 6.07) is 14.5. The van der Waals surface area contributed by atoms with Crippen LogP contribution in [-0.2, 0) is 7.05 Å². The van der Waals surface area contributed by atoms with Gasteiger partial charge in [-0.05, 0) is 18.2 Å². The van der Waals surface area contributed by atoms with Crippen molar-refractivity contribution in [3.8, 4) is 28.6 Å². The Morgan fingerprint density at radius 3 is 2.56 bits per heavy atom. The van der Waals surface area contributed by atoms with Crippen LogP contribution in [0.15, 0.2) is 61.1 Å². The van der Waals surface area contributed by atoms with E-state index in [1.807, 2.05) is 48.3 Å². The number of aromatic hydroxyl groups is 1. The Hall–Kier alpha value is -3.98. The van der Waals surface area contributed by atoms with E-state index >= 15 is 0 Å². The number of hydrogen-bond acceptors (Lipinski definition) is 3. The lowest BCUT2D eigenvalue weighted by atomic mass is 10.0. The Morgan fingerprint density at radius 1 is 1.07 bits per heavy atom. The van der Waals surface area contributed by atoms with E-state index in [1.165, 1.54) is 12.1 Å². The van der Waals surface area contributed by atoms with Crippen LogP contribution in [0.1, 0.15) is 15.9 Å². The molecule has 2 aromatic heterocycles. The lowest BCUT2D eigenvalue weighted by molar-refractivity contribution is 0.0694. The van der Waals surface area contributed by atoms with Crippen LogP contribution in [0.2, 0.25) is 0 Å². The fraction of sp³-hybridized carbons (Fsp3) is 0.0476. The number of para-hydroxylation sites is 1. The summed E-state index contributed by atoms with van der Waals surface area (Å²) in [5.41, 5.74) is 3.67. The lowest BCUT2D eigenvalue weighted by Gasteiger charge is -2.05. The van der Waals surface area contributed by atoms with Crippen molar-refractivity contribution in [1.29, 1.82) is 5.26 Å². The smallest absolute Gasteiger partial charge is 0.339 e. The van der Waals surface area contributed by atoms with Crippen molar-refractivity contribution in [1.82, 2.24) is 9.13 Å². The quantitative estimate of drug-likeness (QED) is 0.581. The highest BCUT2D eigenvalue weighted by atomic mass is 16.4. The molecule has 0 aliphatic heterocycles. The number of rotatable bonds is 3. The molecule has 6 nitrogen and oxygen atoms in total. The summed E-state index contributed by atoms with van der Waals surface area (Å²) >= 11 is 0. The van der Waals surface area contributed by atoms with Crippen LogP contribution in [-0.4, -0.2) is 25.3 Å². The summed E-state index contributed by atoms with van der Waals surface area (Å²) in [7, 11) is 1.96. The van der Waals surface area contributed by atoms with Crippen molar-refractivity contribution in [2.75, 3.05) is 0 Å². The average Bonchev–Trinajstić information content (AvgIpc) is 3.23. The van der Waals surface area contributed by atoms with Gasteiger partial charge in [-0.3, -0.25) is 0 Å². The molecule has 0 spiro atoms. The van der Waals surface area contributed by atoms with Crippen LogP contribution in [0.4, 0.5) is 0 Å². The van der Waals surface area contributed by atoms with Gasteiger partial charge in [0.15, 0.2) is 0 Å². The zero-order chi connectivity index (χ0) is 19.1. The monoisotopic (exact) mass is 357 g/mol. The minimum Gasteiger partial charge on any atom is -0.507 e. The zero-order valence-electron chi connectivity index (χ0n) is 14.4. The van der Waals surface area contributed by atoms with Crippen molar-refractivity contribution < 1.29 is 15.0 Å². The summed E-state index contributed by atoms with van der Waals surface area (Å²) in [4.78, 5) is 11.1. The number of carboxylic acid groups (broad SMARTS) is 1. The molecule has 0 radical (unpaired) electrons. The first-order valence-electron chi connectivity index (χ1n) is 8.23. The van der Waals surface area contributed by atoms with Gasteiger partial charge in [0.25, 0.3) is 0 Å².